The van der Waals surface area contributed by atoms with Crippen molar-refractivity contribution < 1.29 is 22.8 Å². The molecule has 1 aromatic carbocycles. The molecule has 0 N–H and O–H groups in total. The van der Waals surface area contributed by atoms with Crippen LogP contribution in [-0.2, 0) is 4.79 Å². The predicted molar refractivity (Wildman–Crippen MR) is 121 cm³/mol. The van der Waals surface area contributed by atoms with Crippen LogP contribution in [0.2, 0.25) is 0 Å². The summed E-state index contributed by atoms with van der Waals surface area (Å²) in [7, 11) is 0. The number of nitrogens with zero attached hydrogens (tertiary/aromatic N) is 3. The van der Waals surface area contributed by atoms with Gasteiger partial charge in [-0.1, -0.05) is 19.3 Å². The largest absolute Gasteiger partial charge is 0.446 e. The molecule has 1 saturated heterocycles. The minimum absolute atomic E-state index is 0.00155. The van der Waals surface area contributed by atoms with E-state index < -0.39 is 23.0 Å². The van der Waals surface area contributed by atoms with Crippen LogP contribution in [0.4, 0.5) is 23.7 Å². The number of carbonyl (C=O) groups excluding carboxylic acids is 2. The molecule has 176 valence electrons. The molecule has 3 amide bonds. The van der Waals surface area contributed by atoms with E-state index in [0.29, 0.717) is 0 Å². The van der Waals surface area contributed by atoms with E-state index in [1.54, 1.807) is 31.1 Å². The number of amides is 3. The third kappa shape index (κ3) is 4.74. The van der Waals surface area contributed by atoms with Gasteiger partial charge >= 0.3 is 11.5 Å². The molecule has 2 aromatic rings. The van der Waals surface area contributed by atoms with Crippen LogP contribution in [0.15, 0.2) is 53.7 Å². The van der Waals surface area contributed by atoms with Crippen LogP contribution in [0, 0.1) is 5.92 Å². The number of thioether (sulfide) groups is 1. The highest BCUT2D eigenvalue weighted by molar-refractivity contribution is 8.00. The summed E-state index contributed by atoms with van der Waals surface area (Å²) >= 11 is -0.230. The zero-order valence-electron chi connectivity index (χ0n) is 18.5. The number of halogens is 3. The van der Waals surface area contributed by atoms with E-state index in [4.69, 9.17) is 0 Å². The molecular formula is C24H26F3N3O2S. The van der Waals surface area contributed by atoms with Gasteiger partial charge in [0.2, 0.25) is 0 Å². The number of rotatable bonds is 5. The van der Waals surface area contributed by atoms with Crippen molar-refractivity contribution >= 4 is 29.4 Å². The Labute approximate surface area is 195 Å². The van der Waals surface area contributed by atoms with Gasteiger partial charge in [0, 0.05) is 17.3 Å². The fourth-order valence-electron chi connectivity index (χ4n) is 4.94. The maximum Gasteiger partial charge on any atom is 0.446 e. The molecule has 2 heterocycles. The number of urea groups is 1. The number of pyridine rings is 1. The highest BCUT2D eigenvalue weighted by Gasteiger charge is 2.55. The molecule has 33 heavy (non-hydrogen) atoms. The Morgan fingerprint density at radius 1 is 1.00 bits per heavy atom. The van der Waals surface area contributed by atoms with E-state index in [0.717, 1.165) is 42.6 Å². The molecule has 0 radical (unpaired) electrons. The molecule has 2 fully saturated rings. The van der Waals surface area contributed by atoms with Crippen LogP contribution in [0.3, 0.4) is 0 Å². The summed E-state index contributed by atoms with van der Waals surface area (Å²) in [5.74, 6) is -0.179. The number of carbonyl (C=O) groups is 2. The summed E-state index contributed by atoms with van der Waals surface area (Å²) < 4.78 is 38.0. The van der Waals surface area contributed by atoms with Crippen molar-refractivity contribution in [1.29, 1.82) is 0 Å². The van der Waals surface area contributed by atoms with Gasteiger partial charge in [-0.05, 0) is 86.3 Å². The van der Waals surface area contributed by atoms with Crippen molar-refractivity contribution in [2.75, 3.05) is 4.90 Å². The number of hydrogen-bond donors (Lipinski definition) is 0. The zero-order valence-corrected chi connectivity index (χ0v) is 19.3. The van der Waals surface area contributed by atoms with Gasteiger partial charge in [0.05, 0.1) is 11.7 Å². The lowest BCUT2D eigenvalue weighted by Gasteiger charge is -2.41. The Balaban J connectivity index is 1.70. The van der Waals surface area contributed by atoms with E-state index in [1.165, 1.54) is 24.3 Å². The summed E-state index contributed by atoms with van der Waals surface area (Å²) in [5, 5.41) is 0. The van der Waals surface area contributed by atoms with Gasteiger partial charge in [0.15, 0.2) is 0 Å². The highest BCUT2D eigenvalue weighted by atomic mass is 32.2. The van der Waals surface area contributed by atoms with E-state index in [2.05, 4.69) is 4.98 Å². The predicted octanol–water partition coefficient (Wildman–Crippen LogP) is 6.56. The quantitative estimate of drug-likeness (QED) is 0.361. The molecule has 1 unspecified atom stereocenters. The summed E-state index contributed by atoms with van der Waals surface area (Å²) in [5.41, 5.74) is -4.31. The lowest BCUT2D eigenvalue weighted by Crippen LogP contribution is -2.48. The molecule has 1 saturated carbocycles. The third-order valence-electron chi connectivity index (χ3n) is 6.48. The molecule has 9 heteroatoms. The van der Waals surface area contributed by atoms with E-state index in [-0.39, 0.29) is 34.3 Å². The van der Waals surface area contributed by atoms with Gasteiger partial charge in [0.1, 0.15) is 5.54 Å². The van der Waals surface area contributed by atoms with Crippen molar-refractivity contribution in [3.05, 3.63) is 54.4 Å². The minimum atomic E-state index is -4.41. The standard InChI is InChI=1S/C24H26F3N3O2S/c1-23(2)21(31)29(18-8-10-19(11-9-18)33-24(25,26)27)22(32)30(23)20(16-6-4-3-5-7-16)17-12-14-28-15-13-17/h8-16,20H,3-7H2,1-2H3. The molecule has 1 aromatic heterocycles. The molecule has 4 rings (SSSR count). The van der Waals surface area contributed by atoms with Crippen LogP contribution in [0.25, 0.3) is 0 Å². The van der Waals surface area contributed by atoms with Crippen molar-refractivity contribution in [2.45, 2.75) is 67.9 Å². The Hall–Kier alpha value is -2.55. The van der Waals surface area contributed by atoms with Gasteiger partial charge in [-0.2, -0.15) is 13.2 Å². The van der Waals surface area contributed by atoms with Gasteiger partial charge < -0.3 is 4.90 Å². The molecule has 0 bridgehead atoms. The topological polar surface area (TPSA) is 53.5 Å². The lowest BCUT2D eigenvalue weighted by molar-refractivity contribution is -0.124. The highest BCUT2D eigenvalue weighted by Crippen LogP contribution is 2.46. The summed E-state index contributed by atoms with van der Waals surface area (Å²) in [6.07, 6.45) is 8.61. The Morgan fingerprint density at radius 2 is 1.61 bits per heavy atom. The Kier molecular flexibility index (Phi) is 6.44. The van der Waals surface area contributed by atoms with Crippen molar-refractivity contribution in [3.63, 3.8) is 0 Å². The second-order valence-electron chi connectivity index (χ2n) is 9.02. The van der Waals surface area contributed by atoms with Gasteiger partial charge in [0.25, 0.3) is 5.91 Å². The average molecular weight is 478 g/mol. The van der Waals surface area contributed by atoms with Crippen molar-refractivity contribution in [2.24, 2.45) is 5.92 Å². The van der Waals surface area contributed by atoms with Crippen LogP contribution in [-0.4, -0.2) is 32.9 Å². The first kappa shape index (κ1) is 23.6. The Bertz CT molecular complexity index is 1010. The molecule has 0 spiro atoms. The van der Waals surface area contributed by atoms with E-state index in [9.17, 15) is 22.8 Å². The maximum absolute atomic E-state index is 13.7. The zero-order chi connectivity index (χ0) is 23.8. The van der Waals surface area contributed by atoms with Crippen LogP contribution in [0.5, 0.6) is 0 Å². The first-order chi connectivity index (χ1) is 15.6. The fraction of sp³-hybridized carbons (Fsp3) is 0.458. The molecule has 2 aliphatic rings. The number of alkyl halides is 3. The number of hydrogen-bond acceptors (Lipinski definition) is 4. The molecular weight excluding hydrogens is 451 g/mol. The van der Waals surface area contributed by atoms with Crippen LogP contribution in [0.1, 0.15) is 57.6 Å². The van der Waals surface area contributed by atoms with Gasteiger partial charge in [-0.3, -0.25) is 9.78 Å². The minimum Gasteiger partial charge on any atom is -0.302 e. The van der Waals surface area contributed by atoms with Crippen molar-refractivity contribution in [3.8, 4) is 0 Å². The number of aromatic nitrogens is 1. The lowest BCUT2D eigenvalue weighted by atomic mass is 9.79. The van der Waals surface area contributed by atoms with E-state index >= 15 is 0 Å². The van der Waals surface area contributed by atoms with Crippen molar-refractivity contribution in [1.82, 2.24) is 9.88 Å². The number of imide groups is 1. The second kappa shape index (κ2) is 9.00. The fourth-order valence-corrected chi connectivity index (χ4v) is 5.48. The van der Waals surface area contributed by atoms with Gasteiger partial charge in [-0.15, -0.1) is 0 Å². The van der Waals surface area contributed by atoms with Crippen LogP contribution < -0.4 is 4.90 Å². The van der Waals surface area contributed by atoms with E-state index in [1.807, 2.05) is 12.1 Å². The molecule has 5 nitrogen and oxygen atoms in total. The SMILES string of the molecule is CC1(C)C(=O)N(c2ccc(SC(F)(F)F)cc2)C(=O)N1C(c1ccncc1)C1CCCCC1. The number of benzene rings is 1. The molecule has 1 aliphatic carbocycles. The summed E-state index contributed by atoms with van der Waals surface area (Å²) in [4.78, 5) is 34.0. The average Bonchev–Trinajstić information content (AvgIpc) is 2.95. The smallest absolute Gasteiger partial charge is 0.302 e. The first-order valence-corrected chi connectivity index (χ1v) is 11.8. The maximum atomic E-state index is 13.7. The summed E-state index contributed by atoms with van der Waals surface area (Å²) in [6.45, 7) is 3.47. The monoisotopic (exact) mass is 477 g/mol. The second-order valence-corrected chi connectivity index (χ2v) is 10.2. The third-order valence-corrected chi connectivity index (χ3v) is 7.22. The summed E-state index contributed by atoms with van der Waals surface area (Å²) in [6, 6.07) is 8.39. The molecule has 1 aliphatic heterocycles. The van der Waals surface area contributed by atoms with Gasteiger partial charge in [-0.25, -0.2) is 9.69 Å². The normalized spacial score (nSPS) is 20.4. The Morgan fingerprint density at radius 3 is 2.18 bits per heavy atom. The molecule has 1 atom stereocenters. The number of anilines is 1. The van der Waals surface area contributed by atoms with Crippen LogP contribution >= 0.6 is 11.8 Å². The first-order valence-electron chi connectivity index (χ1n) is 11.0.